The van der Waals surface area contributed by atoms with Gasteiger partial charge in [-0.15, -0.1) is 0 Å². The van der Waals surface area contributed by atoms with Crippen LogP contribution in [0.25, 0.3) is 0 Å². The minimum atomic E-state index is -0.441. The van der Waals surface area contributed by atoms with Gasteiger partial charge in [-0.3, -0.25) is 5.32 Å². The molecular formula is C18H28N2S. The van der Waals surface area contributed by atoms with Crippen molar-refractivity contribution in [3.8, 4) is 6.07 Å². The Labute approximate surface area is 134 Å². The highest BCUT2D eigenvalue weighted by Gasteiger charge is 2.26. The van der Waals surface area contributed by atoms with Gasteiger partial charge in [0.15, 0.2) is 0 Å². The van der Waals surface area contributed by atoms with Crippen molar-refractivity contribution >= 4 is 11.8 Å². The topological polar surface area (TPSA) is 35.8 Å². The van der Waals surface area contributed by atoms with Crippen LogP contribution in [0.4, 0.5) is 0 Å². The largest absolute Gasteiger partial charge is 0.297 e. The van der Waals surface area contributed by atoms with Gasteiger partial charge < -0.3 is 0 Å². The van der Waals surface area contributed by atoms with E-state index in [0.29, 0.717) is 11.3 Å². The number of thioether (sulfide) groups is 1. The zero-order valence-corrected chi connectivity index (χ0v) is 15.0. The first kappa shape index (κ1) is 18.1. The average molecular weight is 305 g/mol. The predicted molar refractivity (Wildman–Crippen MR) is 93.6 cm³/mol. The summed E-state index contributed by atoms with van der Waals surface area (Å²) < 4.78 is 0. The molecule has 0 aliphatic heterocycles. The molecule has 1 rings (SSSR count). The predicted octanol–water partition coefficient (Wildman–Crippen LogP) is 4.60. The summed E-state index contributed by atoms with van der Waals surface area (Å²) in [6.07, 6.45) is 0.858. The lowest BCUT2D eigenvalue weighted by Crippen LogP contribution is -2.46. The molecule has 21 heavy (non-hydrogen) atoms. The smallest absolute Gasteiger partial charge is 0.105 e. The van der Waals surface area contributed by atoms with Crippen molar-refractivity contribution in [3.63, 3.8) is 0 Å². The summed E-state index contributed by atoms with van der Waals surface area (Å²) in [5, 5.41) is 13.2. The maximum Gasteiger partial charge on any atom is 0.105 e. The minimum absolute atomic E-state index is 0.325. The Morgan fingerprint density at radius 3 is 2.24 bits per heavy atom. The molecule has 0 spiro atoms. The van der Waals surface area contributed by atoms with E-state index in [1.54, 1.807) is 0 Å². The summed E-state index contributed by atoms with van der Waals surface area (Å²) in [5.74, 6) is 1.01. The summed E-state index contributed by atoms with van der Waals surface area (Å²) in [7, 11) is 0. The average Bonchev–Trinajstić information content (AvgIpc) is 2.34. The third-order valence-corrected chi connectivity index (χ3v) is 4.60. The van der Waals surface area contributed by atoms with Gasteiger partial charge in [0, 0.05) is 17.0 Å². The van der Waals surface area contributed by atoms with Gasteiger partial charge in [0.25, 0.3) is 0 Å². The second-order valence-corrected chi connectivity index (χ2v) is 7.99. The Balaban J connectivity index is 2.57. The van der Waals surface area contributed by atoms with Crippen LogP contribution in [0, 0.1) is 25.2 Å². The first-order valence-electron chi connectivity index (χ1n) is 7.62. The standard InChI is InChI=1S/C18H28N2S/c1-13(2)20-18(6,12-19)10-16(5)21-11-17-8-14(3)7-15(4)9-17/h7-9,13,16,20H,10-11H2,1-6H3. The fourth-order valence-corrected chi connectivity index (χ4v) is 3.89. The SMILES string of the molecule is Cc1cc(C)cc(CSC(C)CC(C)(C#N)NC(C)C)c1. The first-order chi connectivity index (χ1) is 9.74. The number of nitrogens with zero attached hydrogens (tertiary/aromatic N) is 1. The molecule has 0 fully saturated rings. The molecule has 0 radical (unpaired) electrons. The van der Waals surface area contributed by atoms with Gasteiger partial charge >= 0.3 is 0 Å². The van der Waals surface area contributed by atoms with E-state index in [-0.39, 0.29) is 0 Å². The minimum Gasteiger partial charge on any atom is -0.297 e. The van der Waals surface area contributed by atoms with Gasteiger partial charge in [-0.05, 0) is 46.6 Å². The normalized spacial score (nSPS) is 15.5. The molecule has 1 aromatic rings. The molecule has 0 heterocycles. The third-order valence-electron chi connectivity index (χ3n) is 3.37. The first-order valence-corrected chi connectivity index (χ1v) is 8.66. The molecule has 116 valence electrons. The molecule has 0 aliphatic carbocycles. The lowest BCUT2D eigenvalue weighted by Gasteiger charge is -2.28. The van der Waals surface area contributed by atoms with Crippen LogP contribution in [-0.2, 0) is 5.75 Å². The molecule has 0 amide bonds. The molecule has 0 saturated carbocycles. The van der Waals surface area contributed by atoms with Crippen LogP contribution in [0.1, 0.15) is 50.8 Å². The van der Waals surface area contributed by atoms with Crippen LogP contribution < -0.4 is 5.32 Å². The summed E-state index contributed by atoms with van der Waals surface area (Å²) in [6, 6.07) is 9.47. The molecule has 0 bridgehead atoms. The van der Waals surface area contributed by atoms with Crippen LogP contribution in [-0.4, -0.2) is 16.8 Å². The third kappa shape index (κ3) is 6.54. The van der Waals surface area contributed by atoms with Gasteiger partial charge in [-0.25, -0.2) is 0 Å². The fourth-order valence-electron chi connectivity index (χ4n) is 2.80. The number of nitrogens with one attached hydrogen (secondary N) is 1. The highest BCUT2D eigenvalue weighted by Crippen LogP contribution is 2.26. The molecule has 1 N–H and O–H groups in total. The van der Waals surface area contributed by atoms with E-state index in [2.05, 4.69) is 64.2 Å². The van der Waals surface area contributed by atoms with Crippen LogP contribution >= 0.6 is 11.8 Å². The Kier molecular flexibility index (Phi) is 6.77. The van der Waals surface area contributed by atoms with Gasteiger partial charge in [-0.1, -0.05) is 36.2 Å². The van der Waals surface area contributed by atoms with Crippen molar-refractivity contribution < 1.29 is 0 Å². The number of benzene rings is 1. The van der Waals surface area contributed by atoms with E-state index >= 15 is 0 Å². The number of hydrogen-bond donors (Lipinski definition) is 1. The van der Waals surface area contributed by atoms with Crippen molar-refractivity contribution in [2.45, 2.75) is 70.5 Å². The van der Waals surface area contributed by atoms with Crippen molar-refractivity contribution in [2.24, 2.45) is 0 Å². The zero-order valence-electron chi connectivity index (χ0n) is 14.2. The molecule has 2 atom stereocenters. The maximum absolute atomic E-state index is 9.42. The number of nitriles is 1. The van der Waals surface area contributed by atoms with Gasteiger partial charge in [0.2, 0.25) is 0 Å². The number of rotatable bonds is 7. The lowest BCUT2D eigenvalue weighted by molar-refractivity contribution is 0.382. The van der Waals surface area contributed by atoms with Crippen LogP contribution in [0.2, 0.25) is 0 Å². The summed E-state index contributed by atoms with van der Waals surface area (Å²) >= 11 is 1.93. The highest BCUT2D eigenvalue weighted by molar-refractivity contribution is 7.99. The van der Waals surface area contributed by atoms with E-state index < -0.39 is 5.54 Å². The lowest BCUT2D eigenvalue weighted by atomic mass is 9.97. The van der Waals surface area contributed by atoms with Crippen molar-refractivity contribution in [3.05, 3.63) is 34.9 Å². The van der Waals surface area contributed by atoms with Gasteiger partial charge in [-0.2, -0.15) is 17.0 Å². The quantitative estimate of drug-likeness (QED) is 0.800. The molecule has 0 saturated heterocycles. The van der Waals surface area contributed by atoms with Crippen molar-refractivity contribution in [1.82, 2.24) is 5.32 Å². The van der Waals surface area contributed by atoms with Crippen molar-refractivity contribution in [2.75, 3.05) is 0 Å². The Bertz CT molecular complexity index is 484. The second-order valence-electron chi connectivity index (χ2n) is 6.56. The Morgan fingerprint density at radius 2 is 1.76 bits per heavy atom. The van der Waals surface area contributed by atoms with Gasteiger partial charge in [0.05, 0.1) is 6.07 Å². The number of aryl methyl sites for hydroxylation is 2. The highest BCUT2D eigenvalue weighted by atomic mass is 32.2. The summed E-state index contributed by atoms with van der Waals surface area (Å²) in [5.41, 5.74) is 3.58. The van der Waals surface area contributed by atoms with Crippen LogP contribution in [0.5, 0.6) is 0 Å². The van der Waals surface area contributed by atoms with Crippen LogP contribution in [0.15, 0.2) is 18.2 Å². The van der Waals surface area contributed by atoms with Gasteiger partial charge in [0.1, 0.15) is 5.54 Å². The van der Waals surface area contributed by atoms with E-state index in [0.717, 1.165) is 12.2 Å². The van der Waals surface area contributed by atoms with Crippen LogP contribution in [0.3, 0.4) is 0 Å². The zero-order chi connectivity index (χ0) is 16.0. The number of hydrogen-bond acceptors (Lipinski definition) is 3. The molecule has 0 aliphatic rings. The monoisotopic (exact) mass is 304 g/mol. The molecule has 2 unspecified atom stereocenters. The molecule has 2 nitrogen and oxygen atoms in total. The molecule has 3 heteroatoms. The molecule has 1 aromatic carbocycles. The summed E-state index contributed by atoms with van der Waals surface area (Å²) in [6.45, 7) is 12.7. The fraction of sp³-hybridized carbons (Fsp3) is 0.611. The maximum atomic E-state index is 9.42. The molecule has 0 aromatic heterocycles. The Hall–Kier alpha value is -0.980. The second kappa shape index (κ2) is 7.87. The van der Waals surface area contributed by atoms with E-state index in [9.17, 15) is 5.26 Å². The summed E-state index contributed by atoms with van der Waals surface area (Å²) in [4.78, 5) is 0. The van der Waals surface area contributed by atoms with E-state index in [1.165, 1.54) is 16.7 Å². The van der Waals surface area contributed by atoms with Crippen molar-refractivity contribution in [1.29, 1.82) is 5.26 Å². The van der Waals surface area contributed by atoms with E-state index in [1.807, 2.05) is 18.7 Å². The Morgan fingerprint density at radius 1 is 1.19 bits per heavy atom. The molecular weight excluding hydrogens is 276 g/mol. The van der Waals surface area contributed by atoms with E-state index in [4.69, 9.17) is 0 Å².